The van der Waals surface area contributed by atoms with Gasteiger partial charge in [0, 0.05) is 12.2 Å². The third-order valence-corrected chi connectivity index (χ3v) is 4.11. The van der Waals surface area contributed by atoms with Crippen LogP contribution in [0.3, 0.4) is 0 Å². The number of carbonyl (C=O) groups excluding carboxylic acids is 1. The van der Waals surface area contributed by atoms with Crippen LogP contribution in [0.15, 0.2) is 15.8 Å². The van der Waals surface area contributed by atoms with E-state index in [4.69, 9.17) is 0 Å². The van der Waals surface area contributed by atoms with E-state index in [9.17, 15) is 14.4 Å². The minimum absolute atomic E-state index is 0.0606. The molecule has 0 aliphatic heterocycles. The molecule has 5 heteroatoms. The molecule has 1 fully saturated rings. The SMILES string of the molecule is CC(=O)c1c[nH]c(=O)n(C2CCC(C)CC2C)c1=O. The van der Waals surface area contributed by atoms with Crippen molar-refractivity contribution < 1.29 is 4.79 Å². The van der Waals surface area contributed by atoms with Crippen molar-refractivity contribution in [3.63, 3.8) is 0 Å². The fourth-order valence-corrected chi connectivity index (χ4v) is 3.07. The van der Waals surface area contributed by atoms with Gasteiger partial charge in [0.25, 0.3) is 5.56 Å². The Morgan fingerprint density at radius 3 is 2.58 bits per heavy atom. The highest BCUT2D eigenvalue weighted by Crippen LogP contribution is 2.35. The highest BCUT2D eigenvalue weighted by Gasteiger charge is 2.29. The van der Waals surface area contributed by atoms with Gasteiger partial charge in [0.2, 0.25) is 0 Å². The summed E-state index contributed by atoms with van der Waals surface area (Å²) in [6.45, 7) is 5.59. The van der Waals surface area contributed by atoms with Gasteiger partial charge in [-0.1, -0.05) is 13.8 Å². The Morgan fingerprint density at radius 1 is 1.32 bits per heavy atom. The molecule has 0 amide bonds. The average molecular weight is 264 g/mol. The summed E-state index contributed by atoms with van der Waals surface area (Å²) in [4.78, 5) is 38.1. The Morgan fingerprint density at radius 2 is 2.00 bits per heavy atom. The van der Waals surface area contributed by atoms with Gasteiger partial charge in [0.05, 0.1) is 5.56 Å². The lowest BCUT2D eigenvalue weighted by Crippen LogP contribution is -2.43. The third-order valence-electron chi connectivity index (χ3n) is 4.11. The molecule has 104 valence electrons. The summed E-state index contributed by atoms with van der Waals surface area (Å²) in [5.74, 6) is 0.577. The smallest absolute Gasteiger partial charge is 0.313 e. The van der Waals surface area contributed by atoms with Crippen LogP contribution in [0.1, 0.15) is 56.4 Å². The molecule has 1 saturated carbocycles. The zero-order valence-corrected chi connectivity index (χ0v) is 11.6. The number of nitrogens with zero attached hydrogens (tertiary/aromatic N) is 1. The lowest BCUT2D eigenvalue weighted by molar-refractivity contribution is 0.101. The van der Waals surface area contributed by atoms with Crippen LogP contribution in [0.5, 0.6) is 0 Å². The fourth-order valence-electron chi connectivity index (χ4n) is 3.07. The monoisotopic (exact) mass is 264 g/mol. The molecule has 1 aromatic rings. The van der Waals surface area contributed by atoms with E-state index in [1.807, 2.05) is 0 Å². The number of ketones is 1. The van der Waals surface area contributed by atoms with E-state index in [0.29, 0.717) is 5.92 Å². The Labute approximate surface area is 111 Å². The van der Waals surface area contributed by atoms with Crippen LogP contribution in [0.2, 0.25) is 0 Å². The summed E-state index contributed by atoms with van der Waals surface area (Å²) in [5.41, 5.74) is -0.811. The van der Waals surface area contributed by atoms with E-state index in [1.54, 1.807) is 0 Å². The summed E-state index contributed by atoms with van der Waals surface area (Å²) < 4.78 is 1.24. The molecule has 19 heavy (non-hydrogen) atoms. The molecule has 3 atom stereocenters. The second kappa shape index (κ2) is 5.15. The average Bonchev–Trinajstić information content (AvgIpc) is 2.31. The first-order valence-electron chi connectivity index (χ1n) is 6.77. The molecule has 3 unspecified atom stereocenters. The largest absolute Gasteiger partial charge is 0.328 e. The fraction of sp³-hybridized carbons (Fsp3) is 0.643. The molecular formula is C14H20N2O3. The van der Waals surface area contributed by atoms with Gasteiger partial charge in [-0.15, -0.1) is 0 Å². The Kier molecular flexibility index (Phi) is 3.73. The van der Waals surface area contributed by atoms with E-state index in [-0.39, 0.29) is 23.3 Å². The van der Waals surface area contributed by atoms with E-state index >= 15 is 0 Å². The summed E-state index contributed by atoms with van der Waals surface area (Å²) in [6.07, 6.45) is 4.04. The lowest BCUT2D eigenvalue weighted by Gasteiger charge is -2.33. The third kappa shape index (κ3) is 2.55. The maximum absolute atomic E-state index is 12.3. The highest BCUT2D eigenvalue weighted by molar-refractivity contribution is 5.93. The Balaban J connectivity index is 2.50. The molecule has 2 rings (SSSR count). The first kappa shape index (κ1) is 13.8. The predicted molar refractivity (Wildman–Crippen MR) is 72.5 cm³/mol. The van der Waals surface area contributed by atoms with Gasteiger partial charge < -0.3 is 4.98 Å². The number of hydrogen-bond donors (Lipinski definition) is 1. The van der Waals surface area contributed by atoms with Crippen LogP contribution in [-0.2, 0) is 0 Å². The minimum Gasteiger partial charge on any atom is -0.313 e. The number of aromatic amines is 1. The molecule has 1 heterocycles. The van der Waals surface area contributed by atoms with Gasteiger partial charge in [-0.05, 0) is 38.0 Å². The number of hydrogen-bond acceptors (Lipinski definition) is 3. The zero-order valence-electron chi connectivity index (χ0n) is 11.6. The Bertz CT molecular complexity index is 599. The molecule has 1 aliphatic rings. The van der Waals surface area contributed by atoms with Crippen LogP contribution in [0.25, 0.3) is 0 Å². The molecule has 1 aliphatic carbocycles. The van der Waals surface area contributed by atoms with Crippen molar-refractivity contribution >= 4 is 5.78 Å². The normalized spacial score (nSPS) is 27.2. The second-order valence-corrected chi connectivity index (χ2v) is 5.70. The van der Waals surface area contributed by atoms with Crippen LogP contribution >= 0.6 is 0 Å². The molecule has 0 aromatic carbocycles. The summed E-state index contributed by atoms with van der Waals surface area (Å²) >= 11 is 0. The van der Waals surface area contributed by atoms with Crippen molar-refractivity contribution in [1.29, 1.82) is 0 Å². The van der Waals surface area contributed by atoms with Crippen molar-refractivity contribution in [3.8, 4) is 0 Å². The molecule has 0 spiro atoms. The van der Waals surface area contributed by atoms with E-state index in [2.05, 4.69) is 18.8 Å². The summed E-state index contributed by atoms with van der Waals surface area (Å²) in [7, 11) is 0. The zero-order chi connectivity index (χ0) is 14.2. The first-order valence-corrected chi connectivity index (χ1v) is 6.77. The number of aromatic nitrogens is 2. The summed E-state index contributed by atoms with van der Waals surface area (Å²) in [5, 5.41) is 0. The molecule has 0 bridgehead atoms. The van der Waals surface area contributed by atoms with Gasteiger partial charge in [0.15, 0.2) is 5.78 Å². The minimum atomic E-state index is -0.456. The molecular weight excluding hydrogens is 244 g/mol. The van der Waals surface area contributed by atoms with Crippen molar-refractivity contribution in [2.45, 2.75) is 46.1 Å². The molecule has 1 aromatic heterocycles. The number of H-pyrrole nitrogens is 1. The van der Waals surface area contributed by atoms with Crippen LogP contribution in [0.4, 0.5) is 0 Å². The van der Waals surface area contributed by atoms with Crippen molar-refractivity contribution in [2.24, 2.45) is 11.8 Å². The number of Topliss-reactive ketones (excluding diaryl/α,β-unsaturated/α-hetero) is 1. The Hall–Kier alpha value is -1.65. The topological polar surface area (TPSA) is 71.9 Å². The number of rotatable bonds is 2. The molecule has 0 radical (unpaired) electrons. The predicted octanol–water partition coefficient (Wildman–Crippen LogP) is 1.74. The quantitative estimate of drug-likeness (QED) is 0.827. The van der Waals surface area contributed by atoms with E-state index < -0.39 is 11.2 Å². The van der Waals surface area contributed by atoms with E-state index in [1.165, 1.54) is 17.7 Å². The van der Waals surface area contributed by atoms with Gasteiger partial charge in [-0.25, -0.2) is 4.79 Å². The van der Waals surface area contributed by atoms with Gasteiger partial charge >= 0.3 is 5.69 Å². The number of carbonyl (C=O) groups is 1. The van der Waals surface area contributed by atoms with Crippen molar-refractivity contribution in [1.82, 2.24) is 9.55 Å². The van der Waals surface area contributed by atoms with Crippen LogP contribution in [0, 0.1) is 11.8 Å². The maximum Gasteiger partial charge on any atom is 0.328 e. The highest BCUT2D eigenvalue weighted by atomic mass is 16.2. The second-order valence-electron chi connectivity index (χ2n) is 5.70. The van der Waals surface area contributed by atoms with Crippen LogP contribution in [-0.4, -0.2) is 15.3 Å². The van der Waals surface area contributed by atoms with Crippen molar-refractivity contribution in [3.05, 3.63) is 32.6 Å². The molecule has 1 N–H and O–H groups in total. The van der Waals surface area contributed by atoms with E-state index in [0.717, 1.165) is 19.3 Å². The first-order chi connectivity index (χ1) is 8.91. The summed E-state index contributed by atoms with van der Waals surface area (Å²) in [6, 6.07) is -0.105. The van der Waals surface area contributed by atoms with Crippen molar-refractivity contribution in [2.75, 3.05) is 0 Å². The molecule has 5 nitrogen and oxygen atoms in total. The maximum atomic E-state index is 12.3. The lowest BCUT2D eigenvalue weighted by atomic mass is 9.79. The van der Waals surface area contributed by atoms with Crippen LogP contribution < -0.4 is 11.2 Å². The van der Waals surface area contributed by atoms with Gasteiger partial charge in [0.1, 0.15) is 0 Å². The van der Waals surface area contributed by atoms with Gasteiger partial charge in [-0.3, -0.25) is 14.2 Å². The number of nitrogens with one attached hydrogen (secondary N) is 1. The molecule has 0 saturated heterocycles. The van der Waals surface area contributed by atoms with Gasteiger partial charge in [-0.2, -0.15) is 0 Å². The standard InChI is InChI=1S/C14H20N2O3/c1-8-4-5-12(9(2)6-8)16-13(18)11(10(3)17)7-15-14(16)19/h7-9,12H,4-6H2,1-3H3,(H,15,19).